The highest BCUT2D eigenvalue weighted by molar-refractivity contribution is 9.10. The Morgan fingerprint density at radius 1 is 1.32 bits per heavy atom. The van der Waals surface area contributed by atoms with Crippen molar-refractivity contribution in [2.24, 2.45) is 0 Å². The van der Waals surface area contributed by atoms with Gasteiger partial charge in [0, 0.05) is 10.0 Å². The normalized spacial score (nSPS) is 10.4. The molecule has 22 heavy (non-hydrogen) atoms. The molecule has 0 spiro atoms. The summed E-state index contributed by atoms with van der Waals surface area (Å²) in [7, 11) is 1.28. The van der Waals surface area contributed by atoms with Crippen molar-refractivity contribution >= 4 is 33.0 Å². The molecule has 1 heterocycles. The van der Waals surface area contributed by atoms with Crippen molar-refractivity contribution in [2.75, 3.05) is 7.11 Å². The minimum Gasteiger partial charge on any atom is -0.465 e. The van der Waals surface area contributed by atoms with E-state index >= 15 is 0 Å². The molecule has 0 bridgehead atoms. The maximum Gasteiger partial charge on any atom is 0.341 e. The van der Waals surface area contributed by atoms with E-state index in [1.807, 2.05) is 30.3 Å². The Hall–Kier alpha value is -2.65. The lowest BCUT2D eigenvalue weighted by Gasteiger charge is -1.99. The number of fused-ring (bicyclic) bond motifs is 1. The van der Waals surface area contributed by atoms with Crippen LogP contribution in [-0.2, 0) is 4.74 Å². The highest BCUT2D eigenvalue weighted by Crippen LogP contribution is 2.28. The predicted octanol–water partition coefficient (Wildman–Crippen LogP) is 3.92. The van der Waals surface area contributed by atoms with E-state index in [2.05, 4.69) is 20.9 Å². The molecule has 0 aliphatic heterocycles. The molecule has 3 aromatic rings. The zero-order valence-electron chi connectivity index (χ0n) is 11.5. The summed E-state index contributed by atoms with van der Waals surface area (Å²) in [5.74, 6) is -0.191. The smallest absolute Gasteiger partial charge is 0.341 e. The molecule has 0 aliphatic rings. The summed E-state index contributed by atoms with van der Waals surface area (Å²) >= 11 is 3.36. The lowest BCUT2D eigenvalue weighted by molar-refractivity contribution is 0.0602. The molecule has 3 rings (SSSR count). The van der Waals surface area contributed by atoms with Gasteiger partial charge in [-0.25, -0.2) is 9.78 Å². The third-order valence-electron chi connectivity index (χ3n) is 3.12. The number of hydrogen-bond donors (Lipinski definition) is 0. The minimum atomic E-state index is -0.569. The fourth-order valence-corrected chi connectivity index (χ4v) is 2.34. The number of benzene rings is 2. The number of ether oxygens (including phenoxy) is 1. The summed E-state index contributed by atoms with van der Waals surface area (Å²) in [5.41, 5.74) is 2.03. The first-order valence-electron chi connectivity index (χ1n) is 6.31. The van der Waals surface area contributed by atoms with Gasteiger partial charge in [0.05, 0.1) is 18.7 Å². The summed E-state index contributed by atoms with van der Waals surface area (Å²) in [6, 6.07) is 12.4. The number of oxazole rings is 1. The zero-order chi connectivity index (χ0) is 15.7. The molecule has 0 saturated carbocycles. The molecule has 1 aromatic heterocycles. The number of carbonyl (C=O) groups is 1. The van der Waals surface area contributed by atoms with Crippen LogP contribution in [0.3, 0.4) is 0 Å². The third kappa shape index (κ3) is 2.47. The molecule has 6 heteroatoms. The number of rotatable bonds is 2. The van der Waals surface area contributed by atoms with Crippen LogP contribution in [0.25, 0.3) is 22.6 Å². The van der Waals surface area contributed by atoms with Gasteiger partial charge in [-0.05, 0) is 36.4 Å². The predicted molar refractivity (Wildman–Crippen MR) is 83.2 cm³/mol. The fraction of sp³-hybridized carbons (Fsp3) is 0.0625. The number of aromatic nitrogens is 1. The summed E-state index contributed by atoms with van der Waals surface area (Å²) in [6.45, 7) is 0. The van der Waals surface area contributed by atoms with Crippen LogP contribution in [0.4, 0.5) is 0 Å². The van der Waals surface area contributed by atoms with Crippen molar-refractivity contribution in [1.82, 2.24) is 4.98 Å². The first-order chi connectivity index (χ1) is 10.6. The summed E-state index contributed by atoms with van der Waals surface area (Å²) in [5, 5.41) is 9.06. The van der Waals surface area contributed by atoms with Gasteiger partial charge in [-0.3, -0.25) is 0 Å². The fourth-order valence-electron chi connectivity index (χ4n) is 2.07. The van der Waals surface area contributed by atoms with Gasteiger partial charge >= 0.3 is 5.97 Å². The van der Waals surface area contributed by atoms with Crippen LogP contribution >= 0.6 is 15.9 Å². The Balaban J connectivity index is 2.22. The van der Waals surface area contributed by atoms with Crippen molar-refractivity contribution in [3.8, 4) is 17.5 Å². The second-order valence-electron chi connectivity index (χ2n) is 4.50. The van der Waals surface area contributed by atoms with Crippen molar-refractivity contribution in [2.45, 2.75) is 0 Å². The third-order valence-corrected chi connectivity index (χ3v) is 3.64. The van der Waals surface area contributed by atoms with E-state index in [-0.39, 0.29) is 5.56 Å². The van der Waals surface area contributed by atoms with Gasteiger partial charge in [-0.2, -0.15) is 5.26 Å². The Morgan fingerprint density at radius 2 is 2.05 bits per heavy atom. The number of hydrogen-bond acceptors (Lipinski definition) is 5. The lowest BCUT2D eigenvalue weighted by atomic mass is 10.1. The van der Waals surface area contributed by atoms with E-state index in [1.54, 1.807) is 6.07 Å². The number of nitrogens with zero attached hydrogens (tertiary/aromatic N) is 2. The van der Waals surface area contributed by atoms with E-state index in [9.17, 15) is 4.79 Å². The van der Waals surface area contributed by atoms with Gasteiger partial charge in [0.25, 0.3) is 0 Å². The molecule has 0 N–H and O–H groups in total. The number of esters is 1. The SMILES string of the molecule is COC(=O)c1cc(C#N)cc2nc(-c3ccc(Br)cc3)oc12. The Labute approximate surface area is 134 Å². The van der Waals surface area contributed by atoms with Gasteiger partial charge in [0.1, 0.15) is 11.1 Å². The number of carbonyl (C=O) groups excluding carboxylic acids is 1. The van der Waals surface area contributed by atoms with E-state index in [1.165, 1.54) is 13.2 Å². The Kier molecular flexibility index (Phi) is 3.65. The zero-order valence-corrected chi connectivity index (χ0v) is 13.0. The average Bonchev–Trinajstić information content (AvgIpc) is 2.97. The molecular weight excluding hydrogens is 348 g/mol. The van der Waals surface area contributed by atoms with Gasteiger partial charge in [0.15, 0.2) is 5.58 Å². The molecule has 108 valence electrons. The Morgan fingerprint density at radius 3 is 2.68 bits per heavy atom. The first-order valence-corrected chi connectivity index (χ1v) is 7.10. The molecule has 2 aromatic carbocycles. The van der Waals surface area contributed by atoms with Gasteiger partial charge in [-0.1, -0.05) is 15.9 Å². The average molecular weight is 357 g/mol. The van der Waals surface area contributed by atoms with Gasteiger partial charge in [0.2, 0.25) is 5.89 Å². The van der Waals surface area contributed by atoms with Crippen molar-refractivity contribution < 1.29 is 13.9 Å². The summed E-state index contributed by atoms with van der Waals surface area (Å²) in [6.07, 6.45) is 0. The van der Waals surface area contributed by atoms with Gasteiger partial charge < -0.3 is 9.15 Å². The van der Waals surface area contributed by atoms with Gasteiger partial charge in [-0.15, -0.1) is 0 Å². The first kappa shape index (κ1) is 14.3. The highest BCUT2D eigenvalue weighted by Gasteiger charge is 2.18. The van der Waals surface area contributed by atoms with E-state index in [0.29, 0.717) is 22.6 Å². The van der Waals surface area contributed by atoms with Crippen LogP contribution < -0.4 is 0 Å². The molecule has 0 amide bonds. The molecule has 0 radical (unpaired) electrons. The second-order valence-corrected chi connectivity index (χ2v) is 5.42. The largest absolute Gasteiger partial charge is 0.465 e. The quantitative estimate of drug-likeness (QED) is 0.650. The lowest BCUT2D eigenvalue weighted by Crippen LogP contribution is -2.02. The van der Waals surface area contributed by atoms with Crippen LogP contribution in [0, 0.1) is 11.3 Å². The second kappa shape index (κ2) is 5.62. The highest BCUT2D eigenvalue weighted by atomic mass is 79.9. The Bertz CT molecular complexity index is 908. The van der Waals surface area contributed by atoms with Crippen LogP contribution in [0.15, 0.2) is 45.3 Å². The van der Waals surface area contributed by atoms with E-state index in [4.69, 9.17) is 14.4 Å². The molecule has 0 aliphatic carbocycles. The monoisotopic (exact) mass is 356 g/mol. The maximum absolute atomic E-state index is 11.9. The molecule has 0 fully saturated rings. The van der Waals surface area contributed by atoms with E-state index in [0.717, 1.165) is 10.0 Å². The van der Waals surface area contributed by atoms with Crippen LogP contribution in [0.5, 0.6) is 0 Å². The number of halogens is 1. The topological polar surface area (TPSA) is 76.1 Å². The molecular formula is C16H9BrN2O3. The standard InChI is InChI=1S/C16H9BrN2O3/c1-21-16(20)12-6-9(8-18)7-13-14(12)22-15(19-13)10-2-4-11(17)5-3-10/h2-7H,1H3. The van der Waals surface area contributed by atoms with Crippen molar-refractivity contribution in [3.63, 3.8) is 0 Å². The molecule has 0 atom stereocenters. The summed E-state index contributed by atoms with van der Waals surface area (Å²) < 4.78 is 11.4. The van der Waals surface area contributed by atoms with Crippen molar-refractivity contribution in [1.29, 1.82) is 5.26 Å². The van der Waals surface area contributed by atoms with Crippen LogP contribution in [-0.4, -0.2) is 18.1 Å². The summed E-state index contributed by atoms with van der Waals surface area (Å²) in [4.78, 5) is 16.2. The van der Waals surface area contributed by atoms with E-state index < -0.39 is 5.97 Å². The molecule has 0 saturated heterocycles. The minimum absolute atomic E-state index is 0.187. The number of methoxy groups -OCH3 is 1. The maximum atomic E-state index is 11.9. The number of nitriles is 1. The molecule has 0 unspecified atom stereocenters. The molecule has 5 nitrogen and oxygen atoms in total. The van der Waals surface area contributed by atoms with Crippen molar-refractivity contribution in [3.05, 3.63) is 52.0 Å². The van der Waals surface area contributed by atoms with Crippen LogP contribution in [0.1, 0.15) is 15.9 Å². The van der Waals surface area contributed by atoms with Crippen LogP contribution in [0.2, 0.25) is 0 Å².